The van der Waals surface area contributed by atoms with Gasteiger partial charge in [0.1, 0.15) is 18.2 Å². The Hall–Kier alpha value is -2.85. The molecule has 0 aliphatic rings. The first-order valence-electron chi connectivity index (χ1n) is 8.36. The smallest absolute Gasteiger partial charge is 0.147 e. The topological polar surface area (TPSA) is 40.2 Å². The highest BCUT2D eigenvalue weighted by Gasteiger charge is 2.17. The van der Waals surface area contributed by atoms with Crippen molar-refractivity contribution >= 4 is 21.8 Å². The van der Waals surface area contributed by atoms with Crippen LogP contribution in [-0.4, -0.2) is 17.7 Å². The van der Waals surface area contributed by atoms with E-state index in [1.807, 2.05) is 59.2 Å². The van der Waals surface area contributed by atoms with E-state index in [4.69, 9.17) is 10.5 Å². The van der Waals surface area contributed by atoms with Crippen LogP contribution in [0.15, 0.2) is 66.7 Å². The molecule has 0 atom stereocenters. The van der Waals surface area contributed by atoms with Gasteiger partial charge in [0.2, 0.25) is 0 Å². The first-order valence-corrected chi connectivity index (χ1v) is 8.36. The van der Waals surface area contributed by atoms with Crippen molar-refractivity contribution in [3.63, 3.8) is 0 Å². The van der Waals surface area contributed by atoms with Crippen LogP contribution < -0.4 is 10.5 Å². The molecular formula is C21H19FN2O. The molecule has 4 aromatic rings. The quantitative estimate of drug-likeness (QED) is 0.590. The number of aromatic nitrogens is 1. The highest BCUT2D eigenvalue weighted by atomic mass is 19.1. The third-order valence-electron chi connectivity index (χ3n) is 4.38. The van der Waals surface area contributed by atoms with Crippen molar-refractivity contribution in [1.29, 1.82) is 0 Å². The van der Waals surface area contributed by atoms with E-state index >= 15 is 0 Å². The van der Waals surface area contributed by atoms with Crippen LogP contribution in [0.3, 0.4) is 0 Å². The van der Waals surface area contributed by atoms with Crippen molar-refractivity contribution in [2.24, 2.45) is 5.73 Å². The van der Waals surface area contributed by atoms with Crippen LogP contribution in [0.4, 0.5) is 4.39 Å². The second-order valence-corrected chi connectivity index (χ2v) is 6.00. The highest BCUT2D eigenvalue weighted by Crippen LogP contribution is 2.37. The Bertz CT molecular complexity index is 1020. The zero-order valence-corrected chi connectivity index (χ0v) is 13.8. The van der Waals surface area contributed by atoms with Gasteiger partial charge in [0.25, 0.3) is 0 Å². The van der Waals surface area contributed by atoms with E-state index in [1.54, 1.807) is 6.07 Å². The fourth-order valence-electron chi connectivity index (χ4n) is 3.35. The lowest BCUT2D eigenvalue weighted by atomic mass is 10.1. The van der Waals surface area contributed by atoms with E-state index in [2.05, 4.69) is 0 Å². The molecule has 0 aliphatic heterocycles. The molecule has 4 heteroatoms. The summed E-state index contributed by atoms with van der Waals surface area (Å²) < 4.78 is 22.5. The van der Waals surface area contributed by atoms with Gasteiger partial charge in [-0.2, -0.15) is 0 Å². The Morgan fingerprint density at radius 1 is 0.920 bits per heavy atom. The Labute approximate surface area is 145 Å². The fourth-order valence-corrected chi connectivity index (χ4v) is 3.35. The molecule has 3 nitrogen and oxygen atoms in total. The van der Waals surface area contributed by atoms with Gasteiger partial charge in [-0.15, -0.1) is 0 Å². The highest BCUT2D eigenvalue weighted by molar-refractivity contribution is 6.11. The van der Waals surface area contributed by atoms with E-state index in [0.29, 0.717) is 25.2 Å². The van der Waals surface area contributed by atoms with E-state index in [9.17, 15) is 4.39 Å². The summed E-state index contributed by atoms with van der Waals surface area (Å²) in [6.45, 7) is 1.47. The normalized spacial score (nSPS) is 11.3. The van der Waals surface area contributed by atoms with Crippen molar-refractivity contribution in [2.75, 3.05) is 13.2 Å². The van der Waals surface area contributed by atoms with Gasteiger partial charge in [-0.25, -0.2) is 4.39 Å². The molecule has 1 heterocycles. The molecular weight excluding hydrogens is 315 g/mol. The predicted octanol–water partition coefficient (Wildman–Crippen LogP) is 4.32. The largest absolute Gasteiger partial charge is 0.492 e. The van der Waals surface area contributed by atoms with Gasteiger partial charge < -0.3 is 15.0 Å². The Kier molecular flexibility index (Phi) is 4.12. The van der Waals surface area contributed by atoms with Gasteiger partial charge >= 0.3 is 0 Å². The molecule has 0 spiro atoms. The number of hydrogen-bond acceptors (Lipinski definition) is 2. The molecule has 0 bridgehead atoms. The summed E-state index contributed by atoms with van der Waals surface area (Å²) in [5.41, 5.74) is 8.26. The molecule has 0 aliphatic carbocycles. The summed E-state index contributed by atoms with van der Waals surface area (Å²) in [6, 6.07) is 21.1. The number of halogens is 1. The summed E-state index contributed by atoms with van der Waals surface area (Å²) in [7, 11) is 0. The van der Waals surface area contributed by atoms with Crippen LogP contribution >= 0.6 is 0 Å². The van der Waals surface area contributed by atoms with Crippen molar-refractivity contribution in [3.8, 4) is 5.75 Å². The molecule has 2 N–H and O–H groups in total. The predicted molar refractivity (Wildman–Crippen MR) is 99.5 cm³/mol. The fraction of sp³-hybridized carbons (Fsp3) is 0.143. The van der Waals surface area contributed by atoms with Crippen molar-refractivity contribution < 1.29 is 9.13 Å². The average Bonchev–Trinajstić information content (AvgIpc) is 2.97. The molecule has 0 amide bonds. The number of para-hydroxylation sites is 1. The monoisotopic (exact) mass is 334 g/mol. The Morgan fingerprint density at radius 2 is 1.72 bits per heavy atom. The van der Waals surface area contributed by atoms with Gasteiger partial charge in [-0.05, 0) is 23.8 Å². The minimum absolute atomic E-state index is 0.227. The van der Waals surface area contributed by atoms with Gasteiger partial charge in [0.15, 0.2) is 0 Å². The lowest BCUT2D eigenvalue weighted by Gasteiger charge is -2.09. The van der Waals surface area contributed by atoms with E-state index in [-0.39, 0.29) is 5.82 Å². The maximum atomic E-state index is 14.7. The number of rotatable bonds is 5. The van der Waals surface area contributed by atoms with Crippen LogP contribution in [0.2, 0.25) is 0 Å². The van der Waals surface area contributed by atoms with E-state index in [1.165, 1.54) is 6.07 Å². The molecule has 1 aromatic heterocycles. The summed E-state index contributed by atoms with van der Waals surface area (Å²) in [4.78, 5) is 0. The summed E-state index contributed by atoms with van der Waals surface area (Å²) in [5, 5.41) is 1.79. The first-order chi connectivity index (χ1) is 12.3. The Balaban J connectivity index is 1.99. The van der Waals surface area contributed by atoms with Gasteiger partial charge in [0, 0.05) is 23.9 Å². The van der Waals surface area contributed by atoms with Gasteiger partial charge in [-0.1, -0.05) is 48.5 Å². The third-order valence-corrected chi connectivity index (χ3v) is 4.38. The molecule has 0 saturated heterocycles. The lowest BCUT2D eigenvalue weighted by molar-refractivity contribution is 0.332. The van der Waals surface area contributed by atoms with Crippen LogP contribution in [0, 0.1) is 5.82 Å². The number of benzene rings is 3. The van der Waals surface area contributed by atoms with Crippen molar-refractivity contribution in [2.45, 2.75) is 6.54 Å². The summed E-state index contributed by atoms with van der Waals surface area (Å²) in [6.07, 6.45) is 0. The molecule has 25 heavy (non-hydrogen) atoms. The van der Waals surface area contributed by atoms with Crippen molar-refractivity contribution in [1.82, 2.24) is 4.57 Å². The summed E-state index contributed by atoms with van der Waals surface area (Å²) in [5.74, 6) is 0.514. The molecule has 3 aromatic carbocycles. The lowest BCUT2D eigenvalue weighted by Crippen LogP contribution is -2.10. The number of fused-ring (bicyclic) bond motifs is 3. The molecule has 0 saturated carbocycles. The van der Waals surface area contributed by atoms with Crippen LogP contribution in [0.5, 0.6) is 5.75 Å². The SMILES string of the molecule is NCCOc1cccc2c1c1cccc(F)c1n2Cc1ccccc1. The zero-order chi connectivity index (χ0) is 17.2. The first kappa shape index (κ1) is 15.7. The number of ether oxygens (including phenoxy) is 1. The third kappa shape index (κ3) is 2.75. The Morgan fingerprint density at radius 3 is 2.52 bits per heavy atom. The van der Waals surface area contributed by atoms with Crippen LogP contribution in [0.25, 0.3) is 21.8 Å². The van der Waals surface area contributed by atoms with Crippen LogP contribution in [-0.2, 0) is 6.54 Å². The van der Waals surface area contributed by atoms with Crippen molar-refractivity contribution in [3.05, 3.63) is 78.1 Å². The zero-order valence-electron chi connectivity index (χ0n) is 13.8. The second-order valence-electron chi connectivity index (χ2n) is 6.00. The molecule has 0 unspecified atom stereocenters. The maximum Gasteiger partial charge on any atom is 0.147 e. The second kappa shape index (κ2) is 6.57. The summed E-state index contributed by atoms with van der Waals surface area (Å²) >= 11 is 0. The molecule has 126 valence electrons. The molecule has 0 radical (unpaired) electrons. The molecule has 0 fully saturated rings. The van der Waals surface area contributed by atoms with Crippen LogP contribution in [0.1, 0.15) is 5.56 Å². The van der Waals surface area contributed by atoms with Gasteiger partial charge in [0.05, 0.1) is 11.0 Å². The number of nitrogens with two attached hydrogens (primary N) is 1. The minimum atomic E-state index is -0.227. The number of hydrogen-bond donors (Lipinski definition) is 1. The average molecular weight is 334 g/mol. The minimum Gasteiger partial charge on any atom is -0.492 e. The van der Waals surface area contributed by atoms with Gasteiger partial charge in [-0.3, -0.25) is 0 Å². The maximum absolute atomic E-state index is 14.7. The number of nitrogens with zero attached hydrogens (tertiary/aromatic N) is 1. The standard InChI is InChI=1S/C21H19FN2O/c22-17-9-4-8-16-20-18(10-5-11-19(20)25-13-12-23)24(21(16)17)14-15-6-2-1-3-7-15/h1-11H,12-14,23H2. The van der Waals surface area contributed by atoms with E-state index in [0.717, 1.165) is 27.6 Å². The van der Waals surface area contributed by atoms with E-state index < -0.39 is 0 Å². The molecule has 4 rings (SSSR count).